The molecule has 2 heterocycles. The minimum Gasteiger partial charge on any atom is -0.333 e. The highest BCUT2D eigenvalue weighted by Crippen LogP contribution is 2.34. The molecule has 0 unspecified atom stereocenters. The van der Waals surface area contributed by atoms with Crippen molar-refractivity contribution in [2.75, 3.05) is 4.72 Å². The zero-order chi connectivity index (χ0) is 20.6. The highest BCUT2D eigenvalue weighted by molar-refractivity contribution is 7.93. The number of rotatable bonds is 5. The molecule has 29 heavy (non-hydrogen) atoms. The molecule has 4 rings (SSSR count). The number of hydrogen-bond acceptors (Lipinski definition) is 6. The molecule has 0 spiro atoms. The van der Waals surface area contributed by atoms with E-state index in [1.807, 2.05) is 13.0 Å². The van der Waals surface area contributed by atoms with Crippen molar-refractivity contribution < 1.29 is 17.3 Å². The summed E-state index contributed by atoms with van der Waals surface area (Å²) in [5.74, 6) is -0.00127. The van der Waals surface area contributed by atoms with Gasteiger partial charge in [-0.3, -0.25) is 4.72 Å². The van der Waals surface area contributed by atoms with Crippen LogP contribution in [0, 0.1) is 19.7 Å². The predicted molar refractivity (Wildman–Crippen MR) is 110 cm³/mol. The van der Waals surface area contributed by atoms with Crippen LogP contribution in [-0.4, -0.2) is 18.6 Å². The maximum Gasteiger partial charge on any atom is 0.268 e. The molecule has 4 aromatic rings. The van der Waals surface area contributed by atoms with Gasteiger partial charge in [0.05, 0.1) is 4.88 Å². The molecule has 2 aromatic carbocycles. The van der Waals surface area contributed by atoms with E-state index in [1.165, 1.54) is 29.5 Å². The van der Waals surface area contributed by atoms with Crippen LogP contribution in [0.4, 0.5) is 10.1 Å². The molecule has 0 saturated heterocycles. The molecule has 0 amide bonds. The van der Waals surface area contributed by atoms with Gasteiger partial charge in [0.25, 0.3) is 15.9 Å². The minimum atomic E-state index is -3.78. The molecular weight excluding hydrogens is 413 g/mol. The van der Waals surface area contributed by atoms with E-state index in [1.54, 1.807) is 37.3 Å². The number of benzene rings is 2. The topological polar surface area (TPSA) is 85.1 Å². The van der Waals surface area contributed by atoms with E-state index in [4.69, 9.17) is 4.52 Å². The zero-order valence-corrected chi connectivity index (χ0v) is 17.1. The maximum atomic E-state index is 13.4. The van der Waals surface area contributed by atoms with Crippen LogP contribution in [0.15, 0.2) is 64.0 Å². The standard InChI is InChI=1S/C20H16FN3O3S2/c1-12-5-3-8-16(9-12)24-29(25,26)18-11-17(28-13(18)2)20-22-19(23-27-20)14-6-4-7-15(21)10-14/h3-11,24H,1-2H3. The van der Waals surface area contributed by atoms with Crippen LogP contribution in [-0.2, 0) is 10.0 Å². The highest BCUT2D eigenvalue weighted by atomic mass is 32.2. The van der Waals surface area contributed by atoms with Crippen LogP contribution in [0.25, 0.3) is 22.2 Å². The monoisotopic (exact) mass is 429 g/mol. The summed E-state index contributed by atoms with van der Waals surface area (Å²) in [6.45, 7) is 3.60. The smallest absolute Gasteiger partial charge is 0.268 e. The number of hydrogen-bond donors (Lipinski definition) is 1. The van der Waals surface area contributed by atoms with E-state index in [0.717, 1.165) is 5.56 Å². The fourth-order valence-electron chi connectivity index (χ4n) is 2.82. The number of aryl methyl sites for hydroxylation is 2. The third-order valence-electron chi connectivity index (χ3n) is 4.15. The molecular formula is C20H16FN3O3S2. The Hall–Kier alpha value is -3.04. The maximum absolute atomic E-state index is 13.4. The molecule has 0 atom stereocenters. The second-order valence-electron chi connectivity index (χ2n) is 6.44. The third kappa shape index (κ3) is 4.06. The van der Waals surface area contributed by atoms with Crippen molar-refractivity contribution in [1.82, 2.24) is 10.1 Å². The van der Waals surface area contributed by atoms with Crippen LogP contribution in [0.2, 0.25) is 0 Å². The summed E-state index contributed by atoms with van der Waals surface area (Å²) >= 11 is 1.23. The first kappa shape index (κ1) is 19.3. The van der Waals surface area contributed by atoms with E-state index in [0.29, 0.717) is 21.0 Å². The van der Waals surface area contributed by atoms with E-state index < -0.39 is 15.8 Å². The van der Waals surface area contributed by atoms with Crippen molar-refractivity contribution in [2.24, 2.45) is 0 Å². The lowest BCUT2D eigenvalue weighted by Gasteiger charge is -2.08. The quantitative estimate of drug-likeness (QED) is 0.481. The lowest BCUT2D eigenvalue weighted by molar-refractivity contribution is 0.433. The summed E-state index contributed by atoms with van der Waals surface area (Å²) in [6, 6.07) is 14.5. The van der Waals surface area contributed by atoms with Crippen LogP contribution in [0.1, 0.15) is 10.4 Å². The van der Waals surface area contributed by atoms with E-state index >= 15 is 0 Å². The van der Waals surface area contributed by atoms with Gasteiger partial charge < -0.3 is 4.52 Å². The van der Waals surface area contributed by atoms with Gasteiger partial charge in [-0.25, -0.2) is 12.8 Å². The normalized spacial score (nSPS) is 11.6. The summed E-state index contributed by atoms with van der Waals surface area (Å²) in [5.41, 5.74) is 1.91. The van der Waals surface area contributed by atoms with Gasteiger partial charge in [0, 0.05) is 16.1 Å². The molecule has 0 saturated carbocycles. The highest BCUT2D eigenvalue weighted by Gasteiger charge is 2.23. The SMILES string of the molecule is Cc1cccc(NS(=O)(=O)c2cc(-c3nc(-c4cccc(F)c4)no3)sc2C)c1. The first-order chi connectivity index (χ1) is 13.8. The van der Waals surface area contributed by atoms with Crippen LogP contribution < -0.4 is 4.72 Å². The Balaban J connectivity index is 1.64. The fraction of sp³-hybridized carbons (Fsp3) is 0.100. The average Bonchev–Trinajstić information content (AvgIpc) is 3.28. The molecule has 0 aliphatic carbocycles. The molecule has 0 fully saturated rings. The zero-order valence-electron chi connectivity index (χ0n) is 15.5. The van der Waals surface area contributed by atoms with E-state index in [-0.39, 0.29) is 16.6 Å². The Morgan fingerprint density at radius 1 is 1.07 bits per heavy atom. The Bertz CT molecular complexity index is 1300. The summed E-state index contributed by atoms with van der Waals surface area (Å²) in [5, 5.41) is 3.87. The Kier molecular flexibility index (Phi) is 4.93. The van der Waals surface area contributed by atoms with Crippen LogP contribution in [0.3, 0.4) is 0 Å². The summed E-state index contributed by atoms with van der Waals surface area (Å²) in [6.07, 6.45) is 0. The molecule has 0 aliphatic heterocycles. The largest absolute Gasteiger partial charge is 0.333 e. The number of sulfonamides is 1. The fourth-order valence-corrected chi connectivity index (χ4v) is 5.39. The van der Waals surface area contributed by atoms with Crippen molar-refractivity contribution in [1.29, 1.82) is 0 Å². The second kappa shape index (κ2) is 7.41. The van der Waals surface area contributed by atoms with Crippen molar-refractivity contribution in [3.8, 4) is 22.2 Å². The third-order valence-corrected chi connectivity index (χ3v) is 6.83. The molecule has 0 bridgehead atoms. The number of nitrogens with one attached hydrogen (secondary N) is 1. The molecule has 148 valence electrons. The number of nitrogens with zero attached hydrogens (tertiary/aromatic N) is 2. The first-order valence-corrected chi connectivity index (χ1v) is 10.9. The van der Waals surface area contributed by atoms with Gasteiger partial charge in [0.2, 0.25) is 5.82 Å². The molecule has 9 heteroatoms. The van der Waals surface area contributed by atoms with Crippen LogP contribution >= 0.6 is 11.3 Å². The Labute approximate surface area is 171 Å². The minimum absolute atomic E-state index is 0.143. The number of anilines is 1. The number of aromatic nitrogens is 2. The molecule has 0 aliphatic rings. The second-order valence-corrected chi connectivity index (χ2v) is 9.35. The van der Waals surface area contributed by atoms with Gasteiger partial charge in [-0.15, -0.1) is 11.3 Å². The van der Waals surface area contributed by atoms with Gasteiger partial charge in [-0.05, 0) is 49.7 Å². The first-order valence-electron chi connectivity index (χ1n) is 8.62. The molecule has 1 N–H and O–H groups in total. The van der Waals surface area contributed by atoms with E-state index in [2.05, 4.69) is 14.9 Å². The van der Waals surface area contributed by atoms with Gasteiger partial charge in [0.1, 0.15) is 10.7 Å². The number of halogens is 1. The molecule has 0 radical (unpaired) electrons. The lowest BCUT2D eigenvalue weighted by atomic mass is 10.2. The van der Waals surface area contributed by atoms with Gasteiger partial charge in [-0.1, -0.05) is 29.4 Å². The predicted octanol–water partition coefficient (Wildman–Crippen LogP) is 5.02. The number of thiophene rings is 1. The lowest BCUT2D eigenvalue weighted by Crippen LogP contribution is -2.13. The van der Waals surface area contributed by atoms with Crippen molar-refractivity contribution in [3.05, 3.63) is 70.9 Å². The molecule has 2 aromatic heterocycles. The van der Waals surface area contributed by atoms with Crippen molar-refractivity contribution in [2.45, 2.75) is 18.7 Å². The van der Waals surface area contributed by atoms with Crippen molar-refractivity contribution >= 4 is 27.0 Å². The van der Waals surface area contributed by atoms with Crippen LogP contribution in [0.5, 0.6) is 0 Å². The Morgan fingerprint density at radius 2 is 1.86 bits per heavy atom. The van der Waals surface area contributed by atoms with Gasteiger partial charge in [-0.2, -0.15) is 4.98 Å². The summed E-state index contributed by atoms with van der Waals surface area (Å²) < 4.78 is 46.9. The van der Waals surface area contributed by atoms with Crippen molar-refractivity contribution in [3.63, 3.8) is 0 Å². The molecule has 6 nitrogen and oxygen atoms in total. The Morgan fingerprint density at radius 3 is 2.62 bits per heavy atom. The average molecular weight is 429 g/mol. The summed E-state index contributed by atoms with van der Waals surface area (Å²) in [4.78, 5) is 5.52. The summed E-state index contributed by atoms with van der Waals surface area (Å²) in [7, 11) is -3.78. The van der Waals surface area contributed by atoms with Gasteiger partial charge >= 0.3 is 0 Å². The van der Waals surface area contributed by atoms with Gasteiger partial charge in [0.15, 0.2) is 0 Å². The van der Waals surface area contributed by atoms with E-state index in [9.17, 15) is 12.8 Å².